The molecule has 2 rings (SSSR count). The van der Waals surface area contributed by atoms with Gasteiger partial charge in [0.25, 0.3) is 0 Å². The standard InChI is InChI=1S/C11H9BrOS/c12-11-7-6-10(14-11)8-13-9-4-2-1-3-5-9/h1-7H,8H2. The van der Waals surface area contributed by atoms with Gasteiger partial charge in [0.05, 0.1) is 3.79 Å². The Hall–Kier alpha value is -0.800. The van der Waals surface area contributed by atoms with E-state index >= 15 is 0 Å². The predicted octanol–water partition coefficient (Wildman–Crippen LogP) is 4.09. The van der Waals surface area contributed by atoms with Gasteiger partial charge in [0, 0.05) is 4.88 Å². The minimum atomic E-state index is 0.639. The Bertz CT molecular complexity index is 397. The first kappa shape index (κ1) is 9.74. The van der Waals surface area contributed by atoms with Crippen LogP contribution in [0.4, 0.5) is 0 Å². The van der Waals surface area contributed by atoms with Crippen LogP contribution in [0.2, 0.25) is 0 Å². The number of thiophene rings is 1. The number of benzene rings is 1. The fourth-order valence-corrected chi connectivity index (χ4v) is 2.50. The van der Waals surface area contributed by atoms with Gasteiger partial charge in [-0.1, -0.05) is 18.2 Å². The van der Waals surface area contributed by atoms with Gasteiger partial charge in [0.1, 0.15) is 12.4 Å². The normalized spacial score (nSPS) is 10.1. The van der Waals surface area contributed by atoms with Crippen LogP contribution < -0.4 is 4.74 Å². The van der Waals surface area contributed by atoms with E-state index in [1.807, 2.05) is 36.4 Å². The van der Waals surface area contributed by atoms with Crippen molar-refractivity contribution in [2.45, 2.75) is 6.61 Å². The molecule has 3 heteroatoms. The highest BCUT2D eigenvalue weighted by Crippen LogP contribution is 2.23. The highest BCUT2D eigenvalue weighted by molar-refractivity contribution is 9.11. The Morgan fingerprint density at radius 1 is 1.07 bits per heavy atom. The van der Waals surface area contributed by atoms with Crippen molar-refractivity contribution < 1.29 is 4.74 Å². The fourth-order valence-electron chi connectivity index (χ4n) is 1.10. The SMILES string of the molecule is Brc1ccc(COc2ccccc2)s1. The Balaban J connectivity index is 1.95. The van der Waals surface area contributed by atoms with Gasteiger partial charge >= 0.3 is 0 Å². The lowest BCUT2D eigenvalue weighted by Gasteiger charge is -2.02. The zero-order valence-corrected chi connectivity index (χ0v) is 9.85. The molecular weight excluding hydrogens is 260 g/mol. The van der Waals surface area contributed by atoms with Crippen molar-refractivity contribution in [3.63, 3.8) is 0 Å². The van der Waals surface area contributed by atoms with Crippen LogP contribution >= 0.6 is 27.3 Å². The highest BCUT2D eigenvalue weighted by Gasteiger charge is 1.98. The first-order chi connectivity index (χ1) is 6.84. The molecule has 0 fully saturated rings. The van der Waals surface area contributed by atoms with Crippen molar-refractivity contribution in [3.05, 3.63) is 51.1 Å². The van der Waals surface area contributed by atoms with Crippen LogP contribution in [0.25, 0.3) is 0 Å². The topological polar surface area (TPSA) is 9.23 Å². The summed E-state index contributed by atoms with van der Waals surface area (Å²) in [5.41, 5.74) is 0. The number of hydrogen-bond acceptors (Lipinski definition) is 2. The second-order valence-corrected chi connectivity index (χ2v) is 5.36. The number of rotatable bonds is 3. The van der Waals surface area contributed by atoms with Gasteiger partial charge in [-0.3, -0.25) is 0 Å². The van der Waals surface area contributed by atoms with Gasteiger partial charge in [-0.05, 0) is 40.2 Å². The third-order valence-electron chi connectivity index (χ3n) is 1.75. The van der Waals surface area contributed by atoms with Crippen LogP contribution in [0.1, 0.15) is 4.88 Å². The summed E-state index contributed by atoms with van der Waals surface area (Å²) in [4.78, 5) is 1.22. The molecule has 1 aromatic carbocycles. The van der Waals surface area contributed by atoms with Crippen LogP contribution in [0.3, 0.4) is 0 Å². The molecule has 0 unspecified atom stereocenters. The minimum Gasteiger partial charge on any atom is -0.488 e. The van der Waals surface area contributed by atoms with Crippen LogP contribution in [-0.4, -0.2) is 0 Å². The number of halogens is 1. The van der Waals surface area contributed by atoms with E-state index in [0.29, 0.717) is 6.61 Å². The maximum absolute atomic E-state index is 5.59. The van der Waals surface area contributed by atoms with E-state index in [1.54, 1.807) is 11.3 Å². The summed E-state index contributed by atoms with van der Waals surface area (Å²) >= 11 is 5.12. The molecule has 0 radical (unpaired) electrons. The minimum absolute atomic E-state index is 0.639. The lowest BCUT2D eigenvalue weighted by Crippen LogP contribution is -1.91. The first-order valence-corrected chi connectivity index (χ1v) is 5.87. The highest BCUT2D eigenvalue weighted by atomic mass is 79.9. The molecule has 0 spiro atoms. The number of ether oxygens (including phenoxy) is 1. The molecule has 72 valence electrons. The van der Waals surface area contributed by atoms with Gasteiger partial charge in [-0.2, -0.15) is 0 Å². The summed E-state index contributed by atoms with van der Waals surface area (Å²) < 4.78 is 6.74. The lowest BCUT2D eigenvalue weighted by atomic mass is 10.3. The van der Waals surface area contributed by atoms with Gasteiger partial charge in [0.2, 0.25) is 0 Å². The Morgan fingerprint density at radius 2 is 1.86 bits per heavy atom. The van der Waals surface area contributed by atoms with E-state index in [1.165, 1.54) is 4.88 Å². The summed E-state index contributed by atoms with van der Waals surface area (Å²) in [5, 5.41) is 0. The quantitative estimate of drug-likeness (QED) is 0.815. The summed E-state index contributed by atoms with van der Waals surface area (Å²) in [6, 6.07) is 13.9. The molecule has 0 atom stereocenters. The Kier molecular flexibility index (Phi) is 3.22. The first-order valence-electron chi connectivity index (χ1n) is 4.26. The van der Waals surface area contributed by atoms with E-state index in [2.05, 4.69) is 22.0 Å². The molecule has 1 aromatic heterocycles. The van der Waals surface area contributed by atoms with Crippen molar-refractivity contribution in [2.75, 3.05) is 0 Å². The van der Waals surface area contributed by atoms with E-state index in [0.717, 1.165) is 9.54 Å². The number of para-hydroxylation sites is 1. The molecule has 1 heterocycles. The summed E-state index contributed by atoms with van der Waals surface area (Å²) in [7, 11) is 0. The van der Waals surface area contributed by atoms with E-state index in [9.17, 15) is 0 Å². The largest absolute Gasteiger partial charge is 0.488 e. The van der Waals surface area contributed by atoms with Crippen molar-refractivity contribution in [3.8, 4) is 5.75 Å². The molecule has 0 saturated carbocycles. The second kappa shape index (κ2) is 4.62. The third kappa shape index (κ3) is 2.59. The molecule has 0 aliphatic rings. The zero-order valence-electron chi connectivity index (χ0n) is 7.44. The zero-order chi connectivity index (χ0) is 9.80. The third-order valence-corrected chi connectivity index (χ3v) is 3.35. The molecule has 14 heavy (non-hydrogen) atoms. The smallest absolute Gasteiger partial charge is 0.122 e. The van der Waals surface area contributed by atoms with Crippen LogP contribution in [0, 0.1) is 0 Å². The molecule has 0 bridgehead atoms. The maximum atomic E-state index is 5.59. The molecule has 2 aromatic rings. The van der Waals surface area contributed by atoms with E-state index in [-0.39, 0.29) is 0 Å². The predicted molar refractivity (Wildman–Crippen MR) is 62.8 cm³/mol. The molecule has 0 N–H and O–H groups in total. The molecule has 0 amide bonds. The lowest BCUT2D eigenvalue weighted by molar-refractivity contribution is 0.310. The van der Waals surface area contributed by atoms with Gasteiger partial charge in [0.15, 0.2) is 0 Å². The Labute approximate surface area is 95.5 Å². The number of hydrogen-bond donors (Lipinski definition) is 0. The second-order valence-electron chi connectivity index (χ2n) is 2.81. The summed E-state index contributed by atoms with van der Waals surface area (Å²) in [6.45, 7) is 0.639. The molecule has 0 aliphatic heterocycles. The van der Waals surface area contributed by atoms with Gasteiger partial charge in [-0.25, -0.2) is 0 Å². The van der Waals surface area contributed by atoms with Crippen molar-refractivity contribution in [1.29, 1.82) is 0 Å². The average Bonchev–Trinajstić information content (AvgIpc) is 2.63. The molecule has 0 aliphatic carbocycles. The average molecular weight is 269 g/mol. The maximum Gasteiger partial charge on any atom is 0.122 e. The van der Waals surface area contributed by atoms with E-state index < -0.39 is 0 Å². The molecule has 0 saturated heterocycles. The molecular formula is C11H9BrOS. The van der Waals surface area contributed by atoms with Crippen molar-refractivity contribution >= 4 is 27.3 Å². The van der Waals surface area contributed by atoms with Crippen LogP contribution in [0.15, 0.2) is 46.3 Å². The monoisotopic (exact) mass is 268 g/mol. The van der Waals surface area contributed by atoms with Crippen LogP contribution in [-0.2, 0) is 6.61 Å². The van der Waals surface area contributed by atoms with E-state index in [4.69, 9.17) is 4.74 Å². The van der Waals surface area contributed by atoms with Crippen molar-refractivity contribution in [2.24, 2.45) is 0 Å². The van der Waals surface area contributed by atoms with Gasteiger partial charge < -0.3 is 4.74 Å². The van der Waals surface area contributed by atoms with Crippen LogP contribution in [0.5, 0.6) is 5.75 Å². The summed E-state index contributed by atoms with van der Waals surface area (Å²) in [6.07, 6.45) is 0. The molecule has 1 nitrogen and oxygen atoms in total. The fraction of sp³-hybridized carbons (Fsp3) is 0.0909. The summed E-state index contributed by atoms with van der Waals surface area (Å²) in [5.74, 6) is 0.914. The van der Waals surface area contributed by atoms with Gasteiger partial charge in [-0.15, -0.1) is 11.3 Å². The Morgan fingerprint density at radius 3 is 2.50 bits per heavy atom. The van der Waals surface area contributed by atoms with Crippen molar-refractivity contribution in [1.82, 2.24) is 0 Å².